The Hall–Kier alpha value is -4.58. The number of nitrogens with zero attached hydrogens (tertiary/aromatic N) is 7. The minimum absolute atomic E-state index is 0.0524. The maximum atomic E-state index is 13.1. The Morgan fingerprint density at radius 1 is 0.902 bits per heavy atom. The maximum Gasteiger partial charge on any atom is 0.180 e. The zero-order chi connectivity index (χ0) is 28.3. The van der Waals surface area contributed by atoms with Crippen LogP contribution in [0.15, 0.2) is 72.3 Å². The lowest BCUT2D eigenvalue weighted by Crippen LogP contribution is -2.43. The van der Waals surface area contributed by atoms with Gasteiger partial charge in [-0.1, -0.05) is 36.4 Å². The molecule has 2 aliphatic rings. The smallest absolute Gasteiger partial charge is 0.180 e. The first-order chi connectivity index (χ1) is 19.8. The summed E-state index contributed by atoms with van der Waals surface area (Å²) < 4.78 is 27.6. The number of hydrogen-bond donors (Lipinski definition) is 2. The number of nitrogens with two attached hydrogens (primary N) is 2. The van der Waals surface area contributed by atoms with Crippen LogP contribution in [0.3, 0.4) is 0 Å². The molecule has 0 aliphatic carbocycles. The summed E-state index contributed by atoms with van der Waals surface area (Å²) in [6.07, 6.45) is 11.1. The summed E-state index contributed by atoms with van der Waals surface area (Å²) in [6.45, 7) is 0. The number of fused-ring (bicyclic) bond motifs is 3. The molecule has 0 radical (unpaired) electrons. The van der Waals surface area contributed by atoms with Gasteiger partial charge in [-0.15, -0.1) is 0 Å². The van der Waals surface area contributed by atoms with E-state index in [1.165, 1.54) is 17.1 Å². The first-order valence-corrected chi connectivity index (χ1v) is 15.4. The molecule has 2 aliphatic heterocycles. The molecule has 2 atom stereocenters. The molecular formula is C29H29N9O2S. The number of benzene rings is 1. The molecule has 2 fully saturated rings. The fraction of sp³-hybridized carbons (Fsp3) is 0.276. The summed E-state index contributed by atoms with van der Waals surface area (Å²) in [7, 11) is -3.70. The third kappa shape index (κ3) is 4.26. The lowest BCUT2D eigenvalue weighted by molar-refractivity contribution is 0.403. The van der Waals surface area contributed by atoms with Crippen LogP contribution in [0.2, 0.25) is 0 Å². The van der Waals surface area contributed by atoms with Gasteiger partial charge in [0.2, 0.25) is 0 Å². The van der Waals surface area contributed by atoms with Gasteiger partial charge in [0.15, 0.2) is 21.3 Å². The number of nitrogen functional groups attached to an aromatic ring is 2. The highest BCUT2D eigenvalue weighted by molar-refractivity contribution is 7.91. The predicted molar refractivity (Wildman–Crippen MR) is 157 cm³/mol. The standard InChI is InChI=1S/C29H29N9O2S/c1-41(39,40)26-25(19-11-20-8-9-21(12-19)37(20)29-23(30)15-32-16-34-29)36-28-22(14-35-38(28)27(26)31)18-7-10-24(33-13-18)17-5-3-2-4-6-17/h2-7,10,13-16,19-21H,8-9,11-12,30-31H2,1H3. The second kappa shape index (κ2) is 9.51. The van der Waals surface area contributed by atoms with Gasteiger partial charge in [-0.2, -0.15) is 9.61 Å². The van der Waals surface area contributed by atoms with Gasteiger partial charge in [-0.05, 0) is 31.7 Å². The summed E-state index contributed by atoms with van der Waals surface area (Å²) in [5.41, 5.74) is 17.7. The van der Waals surface area contributed by atoms with E-state index >= 15 is 0 Å². The largest absolute Gasteiger partial charge is 0.394 e. The van der Waals surface area contributed by atoms with Crippen LogP contribution in [-0.2, 0) is 9.84 Å². The van der Waals surface area contributed by atoms with E-state index in [0.29, 0.717) is 29.9 Å². The van der Waals surface area contributed by atoms with Gasteiger partial charge in [0.05, 0.1) is 29.5 Å². The van der Waals surface area contributed by atoms with Crippen molar-refractivity contribution >= 4 is 32.8 Å². The van der Waals surface area contributed by atoms with Crippen LogP contribution >= 0.6 is 0 Å². The van der Waals surface area contributed by atoms with Gasteiger partial charge in [-0.25, -0.2) is 23.4 Å². The Morgan fingerprint density at radius 2 is 1.66 bits per heavy atom. The van der Waals surface area contributed by atoms with Gasteiger partial charge < -0.3 is 16.4 Å². The van der Waals surface area contributed by atoms with Crippen molar-refractivity contribution in [1.29, 1.82) is 0 Å². The van der Waals surface area contributed by atoms with Crippen LogP contribution in [0.5, 0.6) is 0 Å². The Morgan fingerprint density at radius 3 is 2.32 bits per heavy atom. The van der Waals surface area contributed by atoms with Gasteiger partial charge in [0.1, 0.15) is 17.0 Å². The van der Waals surface area contributed by atoms with Crippen LogP contribution in [-0.4, -0.2) is 56.3 Å². The highest BCUT2D eigenvalue weighted by atomic mass is 32.2. The van der Waals surface area contributed by atoms with Gasteiger partial charge in [0.25, 0.3) is 0 Å². The topological polar surface area (TPSA) is 158 Å². The van der Waals surface area contributed by atoms with E-state index in [2.05, 4.69) is 25.0 Å². The van der Waals surface area contributed by atoms with E-state index in [0.717, 1.165) is 41.0 Å². The van der Waals surface area contributed by atoms with E-state index in [1.54, 1.807) is 18.6 Å². The highest BCUT2D eigenvalue weighted by Crippen LogP contribution is 2.47. The maximum absolute atomic E-state index is 13.1. The number of rotatable bonds is 5. The Balaban J connectivity index is 1.30. The lowest BCUT2D eigenvalue weighted by atomic mass is 9.87. The highest BCUT2D eigenvalue weighted by Gasteiger charge is 2.44. The molecule has 1 aromatic carbocycles. The molecule has 2 saturated heterocycles. The van der Waals surface area contributed by atoms with Crippen LogP contribution in [0.1, 0.15) is 37.3 Å². The summed E-state index contributed by atoms with van der Waals surface area (Å²) in [5.74, 6) is 0.703. The summed E-state index contributed by atoms with van der Waals surface area (Å²) in [6, 6.07) is 14.2. The van der Waals surface area contributed by atoms with E-state index in [1.807, 2.05) is 42.5 Å². The number of aromatic nitrogens is 6. The molecule has 4 aromatic heterocycles. The molecule has 208 valence electrons. The van der Waals surface area contributed by atoms with Crippen molar-refractivity contribution in [1.82, 2.24) is 29.5 Å². The average molecular weight is 568 g/mol. The summed E-state index contributed by atoms with van der Waals surface area (Å²) in [4.78, 5) is 20.5. The molecule has 4 N–H and O–H groups in total. The normalized spacial score (nSPS) is 20.5. The summed E-state index contributed by atoms with van der Waals surface area (Å²) in [5, 5.41) is 4.44. The minimum atomic E-state index is -3.70. The van der Waals surface area contributed by atoms with E-state index in [4.69, 9.17) is 16.5 Å². The SMILES string of the molecule is CS(=O)(=O)c1c(C2CC3CCC(C2)N3c2ncncc2N)nc2c(-c3ccc(-c4ccccc4)nc3)cnn2c1N. The predicted octanol–water partition coefficient (Wildman–Crippen LogP) is 3.73. The fourth-order valence-corrected chi connectivity index (χ4v) is 7.57. The molecule has 12 heteroatoms. The van der Waals surface area contributed by atoms with Crippen LogP contribution < -0.4 is 16.4 Å². The third-order valence-corrected chi connectivity index (χ3v) is 9.42. The van der Waals surface area contributed by atoms with Crippen molar-refractivity contribution < 1.29 is 8.42 Å². The second-order valence-corrected chi connectivity index (χ2v) is 12.8. The molecule has 0 saturated carbocycles. The van der Waals surface area contributed by atoms with Crippen LogP contribution in [0, 0.1) is 0 Å². The third-order valence-electron chi connectivity index (χ3n) is 8.26. The Kier molecular flexibility index (Phi) is 5.89. The van der Waals surface area contributed by atoms with E-state index < -0.39 is 9.84 Å². The van der Waals surface area contributed by atoms with Crippen LogP contribution in [0.4, 0.5) is 17.3 Å². The van der Waals surface area contributed by atoms with Crippen molar-refractivity contribution in [2.24, 2.45) is 0 Å². The quantitative estimate of drug-likeness (QED) is 0.320. The van der Waals surface area contributed by atoms with Crippen molar-refractivity contribution in [3.63, 3.8) is 0 Å². The number of pyridine rings is 1. The fourth-order valence-electron chi connectivity index (χ4n) is 6.51. The van der Waals surface area contributed by atoms with Crippen molar-refractivity contribution in [2.75, 3.05) is 22.6 Å². The molecule has 7 rings (SSSR count). The number of hydrogen-bond acceptors (Lipinski definition) is 10. The van der Waals surface area contributed by atoms with Gasteiger partial charge >= 0.3 is 0 Å². The molecule has 2 unspecified atom stereocenters. The van der Waals surface area contributed by atoms with Crippen LogP contribution in [0.25, 0.3) is 28.0 Å². The average Bonchev–Trinajstić information content (AvgIpc) is 3.51. The number of sulfone groups is 1. The monoisotopic (exact) mass is 567 g/mol. The minimum Gasteiger partial charge on any atom is -0.394 e. The van der Waals surface area contributed by atoms with Crippen molar-refractivity contribution in [2.45, 2.75) is 48.6 Å². The molecule has 41 heavy (non-hydrogen) atoms. The van der Waals surface area contributed by atoms with Crippen molar-refractivity contribution in [3.8, 4) is 22.4 Å². The van der Waals surface area contributed by atoms with E-state index in [-0.39, 0.29) is 28.7 Å². The first kappa shape index (κ1) is 25.4. The number of piperidine rings is 1. The van der Waals surface area contributed by atoms with E-state index in [9.17, 15) is 8.42 Å². The molecule has 11 nitrogen and oxygen atoms in total. The molecule has 0 spiro atoms. The Labute approximate surface area is 237 Å². The second-order valence-electron chi connectivity index (χ2n) is 10.8. The van der Waals surface area contributed by atoms with Gasteiger partial charge in [0, 0.05) is 47.1 Å². The molecular weight excluding hydrogens is 538 g/mol. The van der Waals surface area contributed by atoms with Gasteiger partial charge in [-0.3, -0.25) is 4.98 Å². The van der Waals surface area contributed by atoms with Crippen molar-refractivity contribution in [3.05, 3.63) is 73.1 Å². The molecule has 0 amide bonds. The zero-order valence-corrected chi connectivity index (χ0v) is 23.2. The molecule has 2 bridgehead atoms. The zero-order valence-electron chi connectivity index (χ0n) is 22.4. The molecule has 6 heterocycles. The summed E-state index contributed by atoms with van der Waals surface area (Å²) >= 11 is 0. The first-order valence-electron chi connectivity index (χ1n) is 13.5. The number of anilines is 3. The lowest BCUT2D eigenvalue weighted by Gasteiger charge is -2.40. The molecule has 5 aromatic rings. The Bertz CT molecular complexity index is 1860.